The number of carbonyl (C=O) groups excluding carboxylic acids is 1. The highest BCUT2D eigenvalue weighted by Gasteiger charge is 2.43. The lowest BCUT2D eigenvalue weighted by molar-refractivity contribution is -0.132. The van der Waals surface area contributed by atoms with Crippen LogP contribution in [-0.4, -0.2) is 42.5 Å². The second-order valence-electron chi connectivity index (χ2n) is 8.01. The van der Waals surface area contributed by atoms with E-state index in [9.17, 15) is 19.1 Å². The third-order valence-electron chi connectivity index (χ3n) is 6.24. The number of Topliss-reactive ketones (excluding diaryl/α,β-unsaturated/α-hetero) is 1. The van der Waals surface area contributed by atoms with E-state index in [0.29, 0.717) is 13.1 Å². The van der Waals surface area contributed by atoms with Crippen LogP contribution < -0.4 is 10.2 Å². The number of nitrogens with zero attached hydrogens (tertiary/aromatic N) is 1. The standard InChI is InChI=1S/C21H20F2N2O3/c22-15-7-13-17(12(10-3-4-10)6-14(20(13)26)21(27)28)18(23)19(15)25-8-11-2-1-5-24-16(11)9-25/h2,6-7,10,12,16,24H,1,3-5,8-9H2,(H,27,28). The Bertz CT molecular complexity index is 965. The maximum Gasteiger partial charge on any atom is 0.339 e. The largest absolute Gasteiger partial charge is 0.478 e. The molecule has 2 aliphatic carbocycles. The monoisotopic (exact) mass is 386 g/mol. The van der Waals surface area contributed by atoms with Crippen LogP contribution >= 0.6 is 0 Å². The third kappa shape index (κ3) is 2.60. The summed E-state index contributed by atoms with van der Waals surface area (Å²) in [5.74, 6) is -4.11. The van der Waals surface area contributed by atoms with E-state index < -0.39 is 34.9 Å². The molecule has 28 heavy (non-hydrogen) atoms. The predicted octanol–water partition coefficient (Wildman–Crippen LogP) is 2.77. The van der Waals surface area contributed by atoms with Crippen LogP contribution in [0, 0.1) is 17.6 Å². The highest BCUT2D eigenvalue weighted by atomic mass is 19.1. The highest BCUT2D eigenvalue weighted by molar-refractivity contribution is 6.25. The second-order valence-corrected chi connectivity index (χ2v) is 8.01. The lowest BCUT2D eigenvalue weighted by Crippen LogP contribution is -2.36. The molecule has 5 nitrogen and oxygen atoms in total. The molecule has 146 valence electrons. The van der Waals surface area contributed by atoms with E-state index in [1.54, 1.807) is 4.90 Å². The van der Waals surface area contributed by atoms with Crippen LogP contribution in [0.15, 0.2) is 29.4 Å². The molecule has 1 aromatic rings. The van der Waals surface area contributed by atoms with Gasteiger partial charge in [-0.05, 0) is 43.4 Å². The molecular weight excluding hydrogens is 366 g/mol. The summed E-state index contributed by atoms with van der Waals surface area (Å²) in [6.07, 6.45) is 6.07. The summed E-state index contributed by atoms with van der Waals surface area (Å²) in [5.41, 5.74) is 0.639. The zero-order valence-electron chi connectivity index (χ0n) is 15.2. The second kappa shape index (κ2) is 6.24. The molecule has 2 unspecified atom stereocenters. The van der Waals surface area contributed by atoms with Crippen molar-refractivity contribution in [3.8, 4) is 0 Å². The van der Waals surface area contributed by atoms with Gasteiger partial charge in [0.25, 0.3) is 0 Å². The molecule has 5 rings (SSSR count). The highest BCUT2D eigenvalue weighted by Crippen LogP contribution is 2.49. The van der Waals surface area contributed by atoms with E-state index in [2.05, 4.69) is 11.4 Å². The Morgan fingerprint density at radius 2 is 2.07 bits per heavy atom. The molecule has 2 N–H and O–H groups in total. The van der Waals surface area contributed by atoms with Crippen molar-refractivity contribution >= 4 is 17.4 Å². The molecule has 0 bridgehead atoms. The van der Waals surface area contributed by atoms with Gasteiger partial charge in [-0.2, -0.15) is 0 Å². The number of aliphatic carboxylic acids is 1. The van der Waals surface area contributed by atoms with E-state index in [4.69, 9.17) is 0 Å². The number of ketones is 1. The number of halogens is 2. The van der Waals surface area contributed by atoms with E-state index in [0.717, 1.165) is 37.4 Å². The Morgan fingerprint density at radius 1 is 1.29 bits per heavy atom. The van der Waals surface area contributed by atoms with E-state index >= 15 is 4.39 Å². The van der Waals surface area contributed by atoms with Crippen molar-refractivity contribution < 1.29 is 23.5 Å². The van der Waals surface area contributed by atoms with Crippen LogP contribution in [0.5, 0.6) is 0 Å². The SMILES string of the molecule is O=C(O)C1=CC(C2CC2)c2c(cc(F)c(N3CC4=CCCNC4C3)c2F)C1=O. The first kappa shape index (κ1) is 17.6. The van der Waals surface area contributed by atoms with Gasteiger partial charge >= 0.3 is 5.97 Å². The number of rotatable bonds is 3. The molecule has 0 amide bonds. The molecule has 0 radical (unpaired) electrons. The molecule has 1 saturated heterocycles. The fraction of sp³-hybridized carbons (Fsp3) is 0.429. The van der Waals surface area contributed by atoms with Crippen molar-refractivity contribution in [3.63, 3.8) is 0 Å². The molecular formula is C21H20F2N2O3. The number of carboxylic acid groups (broad SMARTS) is 1. The van der Waals surface area contributed by atoms with E-state index in [-0.39, 0.29) is 28.8 Å². The molecule has 1 saturated carbocycles. The van der Waals surface area contributed by atoms with E-state index in [1.165, 1.54) is 6.08 Å². The van der Waals surface area contributed by atoms with Gasteiger partial charge < -0.3 is 15.3 Å². The summed E-state index contributed by atoms with van der Waals surface area (Å²) in [5, 5.41) is 12.7. The Balaban J connectivity index is 1.62. The lowest BCUT2D eigenvalue weighted by Gasteiger charge is -2.27. The number of anilines is 1. The summed E-state index contributed by atoms with van der Waals surface area (Å²) < 4.78 is 30.6. The molecule has 0 aromatic heterocycles. The minimum atomic E-state index is -1.35. The van der Waals surface area contributed by atoms with Crippen LogP contribution in [0.3, 0.4) is 0 Å². The van der Waals surface area contributed by atoms with Crippen molar-refractivity contribution in [2.45, 2.75) is 31.2 Å². The molecule has 2 atom stereocenters. The molecule has 2 fully saturated rings. The normalized spacial score (nSPS) is 26.5. The van der Waals surface area contributed by atoms with Gasteiger partial charge in [-0.3, -0.25) is 4.79 Å². The maximum atomic E-state index is 15.6. The first-order valence-corrected chi connectivity index (χ1v) is 9.64. The third-order valence-corrected chi connectivity index (χ3v) is 6.24. The Labute approximate surface area is 160 Å². The fourth-order valence-electron chi connectivity index (χ4n) is 4.73. The van der Waals surface area contributed by atoms with Gasteiger partial charge in [0.1, 0.15) is 17.1 Å². The van der Waals surface area contributed by atoms with Gasteiger partial charge in [0, 0.05) is 36.2 Å². The topological polar surface area (TPSA) is 69.6 Å². The maximum absolute atomic E-state index is 15.6. The average molecular weight is 386 g/mol. The number of fused-ring (bicyclic) bond motifs is 2. The summed E-state index contributed by atoms with van der Waals surface area (Å²) in [6.45, 7) is 1.76. The minimum absolute atomic E-state index is 0.0861. The summed E-state index contributed by atoms with van der Waals surface area (Å²) in [7, 11) is 0. The quantitative estimate of drug-likeness (QED) is 0.618. The van der Waals surface area contributed by atoms with Gasteiger partial charge in [-0.1, -0.05) is 12.2 Å². The van der Waals surface area contributed by atoms with Crippen LogP contribution in [0.1, 0.15) is 41.1 Å². The summed E-state index contributed by atoms with van der Waals surface area (Å²) in [4.78, 5) is 25.7. The van der Waals surface area contributed by atoms with Crippen LogP contribution in [0.25, 0.3) is 0 Å². The minimum Gasteiger partial charge on any atom is -0.478 e. The number of hydrogen-bond acceptors (Lipinski definition) is 4. The molecule has 2 aliphatic heterocycles. The average Bonchev–Trinajstić information content (AvgIpc) is 3.41. The zero-order chi connectivity index (χ0) is 19.6. The Kier molecular flexibility index (Phi) is 3.91. The Hall–Kier alpha value is -2.54. The number of benzene rings is 1. The van der Waals surface area contributed by atoms with Crippen LogP contribution in [0.2, 0.25) is 0 Å². The summed E-state index contributed by atoms with van der Waals surface area (Å²) >= 11 is 0. The smallest absolute Gasteiger partial charge is 0.339 e. The first-order valence-electron chi connectivity index (χ1n) is 9.64. The molecule has 4 aliphatic rings. The predicted molar refractivity (Wildman–Crippen MR) is 98.6 cm³/mol. The number of nitrogens with one attached hydrogen (secondary N) is 1. The van der Waals surface area contributed by atoms with Gasteiger partial charge in [0.2, 0.25) is 5.78 Å². The van der Waals surface area contributed by atoms with Gasteiger partial charge in [0.15, 0.2) is 5.82 Å². The fourth-order valence-corrected chi connectivity index (χ4v) is 4.73. The molecule has 1 aromatic carbocycles. The van der Waals surface area contributed by atoms with Gasteiger partial charge in [-0.15, -0.1) is 0 Å². The van der Waals surface area contributed by atoms with Crippen LogP contribution in [-0.2, 0) is 4.79 Å². The lowest BCUT2D eigenvalue weighted by atomic mass is 9.79. The van der Waals surface area contributed by atoms with Crippen molar-refractivity contribution in [3.05, 3.63) is 52.1 Å². The Morgan fingerprint density at radius 3 is 2.75 bits per heavy atom. The van der Waals surface area contributed by atoms with E-state index in [1.807, 2.05) is 0 Å². The molecule has 7 heteroatoms. The number of hydrogen-bond donors (Lipinski definition) is 2. The van der Waals surface area contributed by atoms with Crippen molar-refractivity contribution in [2.75, 3.05) is 24.5 Å². The zero-order valence-corrected chi connectivity index (χ0v) is 15.2. The van der Waals surface area contributed by atoms with Crippen molar-refractivity contribution in [2.24, 2.45) is 5.92 Å². The van der Waals surface area contributed by atoms with Gasteiger partial charge in [-0.25, -0.2) is 13.6 Å². The van der Waals surface area contributed by atoms with Gasteiger partial charge in [0.05, 0.1) is 0 Å². The number of carboxylic acids is 1. The molecule has 0 spiro atoms. The summed E-state index contributed by atoms with van der Waals surface area (Å²) in [6, 6.07) is 1.12. The van der Waals surface area contributed by atoms with Crippen molar-refractivity contribution in [1.82, 2.24) is 5.32 Å². The van der Waals surface area contributed by atoms with Crippen LogP contribution in [0.4, 0.5) is 14.5 Å². The first-order chi connectivity index (χ1) is 13.5. The molecule has 2 heterocycles. The van der Waals surface area contributed by atoms with Crippen molar-refractivity contribution in [1.29, 1.82) is 0 Å². The number of carbonyl (C=O) groups is 2. The number of allylic oxidation sites excluding steroid dienone is 1.